The lowest BCUT2D eigenvalue weighted by atomic mass is 10.0. The van der Waals surface area contributed by atoms with Gasteiger partial charge in [0.15, 0.2) is 0 Å². The zero-order valence-electron chi connectivity index (χ0n) is 18.4. The smallest absolute Gasteiger partial charge is 0.113 e. The quantitative estimate of drug-likeness (QED) is 0.304. The third-order valence-corrected chi connectivity index (χ3v) is 10.4. The number of anilines is 2. The molecule has 0 spiro atoms. The van der Waals surface area contributed by atoms with Crippen LogP contribution in [-0.2, 0) is 0 Å². The molecule has 5 aromatic carbocycles. The molecule has 0 unspecified atom stereocenters. The van der Waals surface area contributed by atoms with Crippen LogP contribution in [0.3, 0.4) is 0 Å². The van der Waals surface area contributed by atoms with Crippen LogP contribution in [-0.4, -0.2) is 8.07 Å². The average molecular weight is 428 g/mol. The molecule has 0 bridgehead atoms. The first kappa shape index (κ1) is 19.1. The van der Waals surface area contributed by atoms with Gasteiger partial charge in [0.2, 0.25) is 0 Å². The molecule has 0 fully saturated rings. The Morgan fingerprint density at radius 1 is 0.500 bits per heavy atom. The summed E-state index contributed by atoms with van der Waals surface area (Å²) in [4.78, 5) is 0. The van der Waals surface area contributed by atoms with Gasteiger partial charge in [-0.3, -0.25) is 0 Å². The molecule has 1 heterocycles. The second-order valence-electron chi connectivity index (χ2n) is 9.20. The van der Waals surface area contributed by atoms with Crippen molar-refractivity contribution in [3.63, 3.8) is 0 Å². The third kappa shape index (κ3) is 3.07. The maximum absolute atomic E-state index is 3.62. The number of hydrogen-bond donors (Lipinski definition) is 1. The highest BCUT2D eigenvalue weighted by Crippen LogP contribution is 2.31. The van der Waals surface area contributed by atoms with Gasteiger partial charge in [0, 0.05) is 11.4 Å². The molecule has 6 rings (SSSR count). The lowest BCUT2D eigenvalue weighted by Crippen LogP contribution is -2.49. The fourth-order valence-corrected chi connectivity index (χ4v) is 8.15. The topological polar surface area (TPSA) is 12.0 Å². The van der Waals surface area contributed by atoms with E-state index in [9.17, 15) is 0 Å². The van der Waals surface area contributed by atoms with Crippen molar-refractivity contribution in [3.05, 3.63) is 109 Å². The molecule has 2 heteroatoms. The van der Waals surface area contributed by atoms with Gasteiger partial charge in [0.05, 0.1) is 0 Å². The molecule has 32 heavy (non-hydrogen) atoms. The van der Waals surface area contributed by atoms with Gasteiger partial charge in [0.1, 0.15) is 8.07 Å². The highest BCUT2D eigenvalue weighted by atomic mass is 28.3. The summed E-state index contributed by atoms with van der Waals surface area (Å²) in [6.07, 6.45) is 0. The molecule has 1 nitrogen and oxygen atoms in total. The molecule has 1 N–H and O–H groups in total. The van der Waals surface area contributed by atoms with Gasteiger partial charge in [-0.05, 0) is 73.7 Å². The lowest BCUT2D eigenvalue weighted by Gasteiger charge is -2.18. The van der Waals surface area contributed by atoms with Gasteiger partial charge < -0.3 is 5.32 Å². The molecule has 0 atom stereocenters. The zero-order chi connectivity index (χ0) is 21.7. The Morgan fingerprint density at radius 2 is 1.16 bits per heavy atom. The summed E-state index contributed by atoms with van der Waals surface area (Å²) in [5, 5.41) is 9.25. The number of benzene rings is 5. The first-order valence-electron chi connectivity index (χ1n) is 11.2. The van der Waals surface area contributed by atoms with Gasteiger partial charge in [0.25, 0.3) is 0 Å². The standard InChI is InChI=1S/C30H25NSi/c1-32(2)29-10-6-5-9-27(29)28-20-26(17-18-30(28)32)31-25-15-13-22(14-16-25)24-12-11-21-7-3-4-8-23(21)19-24/h3-20,31H,1-2H3. The van der Waals surface area contributed by atoms with Gasteiger partial charge >= 0.3 is 0 Å². The van der Waals surface area contributed by atoms with Crippen LogP contribution >= 0.6 is 0 Å². The van der Waals surface area contributed by atoms with Gasteiger partial charge in [-0.15, -0.1) is 0 Å². The molecule has 1 aliphatic rings. The van der Waals surface area contributed by atoms with Gasteiger partial charge in [-0.2, -0.15) is 0 Å². The number of rotatable bonds is 3. The minimum atomic E-state index is -1.59. The summed E-state index contributed by atoms with van der Waals surface area (Å²) in [5.41, 5.74) is 7.54. The molecular formula is C30H25NSi. The Balaban J connectivity index is 1.29. The minimum Gasteiger partial charge on any atom is -0.356 e. The second kappa shape index (κ2) is 7.22. The van der Waals surface area contributed by atoms with Crippen molar-refractivity contribution < 1.29 is 0 Å². The van der Waals surface area contributed by atoms with E-state index in [1.165, 1.54) is 38.2 Å². The number of nitrogens with one attached hydrogen (secondary N) is 1. The molecule has 0 amide bonds. The summed E-state index contributed by atoms with van der Waals surface area (Å²) in [5.74, 6) is 0. The van der Waals surface area contributed by atoms with Crippen LogP contribution in [0.1, 0.15) is 0 Å². The average Bonchev–Trinajstić information content (AvgIpc) is 3.06. The highest BCUT2D eigenvalue weighted by molar-refractivity contribution is 7.03. The number of fused-ring (bicyclic) bond motifs is 4. The van der Waals surface area contributed by atoms with E-state index in [1.807, 2.05) is 0 Å². The molecule has 154 valence electrons. The Hall–Kier alpha value is -3.62. The summed E-state index contributed by atoms with van der Waals surface area (Å²) >= 11 is 0. The molecule has 0 saturated heterocycles. The van der Waals surface area contributed by atoms with Crippen molar-refractivity contribution in [1.29, 1.82) is 0 Å². The first-order chi connectivity index (χ1) is 15.6. The predicted molar refractivity (Wildman–Crippen MR) is 141 cm³/mol. The van der Waals surface area contributed by atoms with Crippen LogP contribution in [0.2, 0.25) is 13.1 Å². The SMILES string of the molecule is C[Si]1(C)c2ccccc2-c2cc(Nc3ccc(-c4ccc5ccccc5c4)cc3)ccc21. The largest absolute Gasteiger partial charge is 0.356 e. The Bertz CT molecular complexity index is 1460. The summed E-state index contributed by atoms with van der Waals surface area (Å²) < 4.78 is 0. The van der Waals surface area contributed by atoms with Crippen LogP contribution < -0.4 is 15.7 Å². The maximum Gasteiger partial charge on any atom is 0.113 e. The van der Waals surface area contributed by atoms with E-state index in [2.05, 4.69) is 128 Å². The highest BCUT2D eigenvalue weighted by Gasteiger charge is 2.36. The van der Waals surface area contributed by atoms with E-state index in [-0.39, 0.29) is 0 Å². The zero-order valence-corrected chi connectivity index (χ0v) is 19.4. The van der Waals surface area contributed by atoms with Gasteiger partial charge in [-0.1, -0.05) is 92.0 Å². The van der Waals surface area contributed by atoms with E-state index < -0.39 is 8.07 Å². The van der Waals surface area contributed by atoms with E-state index in [0.717, 1.165) is 11.4 Å². The van der Waals surface area contributed by atoms with Crippen LogP contribution in [0.15, 0.2) is 109 Å². The van der Waals surface area contributed by atoms with E-state index >= 15 is 0 Å². The Labute approximate surface area is 190 Å². The summed E-state index contributed by atoms with van der Waals surface area (Å²) in [6.45, 7) is 4.91. The van der Waals surface area contributed by atoms with Crippen LogP contribution in [0.5, 0.6) is 0 Å². The lowest BCUT2D eigenvalue weighted by molar-refractivity contribution is 1.55. The van der Waals surface area contributed by atoms with Crippen LogP contribution in [0, 0.1) is 0 Å². The van der Waals surface area contributed by atoms with Crippen LogP contribution in [0.4, 0.5) is 11.4 Å². The Morgan fingerprint density at radius 3 is 2.00 bits per heavy atom. The molecule has 0 aliphatic carbocycles. The minimum absolute atomic E-state index is 1.11. The van der Waals surface area contributed by atoms with Crippen molar-refractivity contribution in [2.75, 3.05) is 5.32 Å². The van der Waals surface area contributed by atoms with Crippen molar-refractivity contribution >= 4 is 40.6 Å². The van der Waals surface area contributed by atoms with E-state index in [4.69, 9.17) is 0 Å². The molecule has 0 saturated carbocycles. The van der Waals surface area contributed by atoms with E-state index in [1.54, 1.807) is 5.19 Å². The normalized spacial score (nSPS) is 13.6. The summed E-state index contributed by atoms with van der Waals surface area (Å²) in [6, 6.07) is 39.7. The third-order valence-electron chi connectivity index (χ3n) is 6.84. The first-order valence-corrected chi connectivity index (χ1v) is 14.2. The monoisotopic (exact) mass is 427 g/mol. The van der Waals surface area contributed by atoms with Gasteiger partial charge in [-0.25, -0.2) is 0 Å². The molecule has 5 aromatic rings. The fourth-order valence-electron chi connectivity index (χ4n) is 5.08. The van der Waals surface area contributed by atoms with E-state index in [0.29, 0.717) is 0 Å². The maximum atomic E-state index is 3.62. The summed E-state index contributed by atoms with van der Waals surface area (Å²) in [7, 11) is -1.59. The van der Waals surface area contributed by atoms with Crippen molar-refractivity contribution in [1.82, 2.24) is 0 Å². The predicted octanol–water partition coefficient (Wildman–Crippen LogP) is 7.05. The van der Waals surface area contributed by atoms with Crippen molar-refractivity contribution in [2.45, 2.75) is 13.1 Å². The second-order valence-corrected chi connectivity index (χ2v) is 13.5. The number of hydrogen-bond acceptors (Lipinski definition) is 1. The Kier molecular flexibility index (Phi) is 4.31. The fraction of sp³-hybridized carbons (Fsp3) is 0.0667. The molecule has 0 aromatic heterocycles. The van der Waals surface area contributed by atoms with Crippen molar-refractivity contribution in [3.8, 4) is 22.3 Å². The molecular weight excluding hydrogens is 402 g/mol. The van der Waals surface area contributed by atoms with Crippen LogP contribution in [0.25, 0.3) is 33.0 Å². The van der Waals surface area contributed by atoms with Crippen molar-refractivity contribution in [2.24, 2.45) is 0 Å². The molecule has 1 aliphatic heterocycles. The molecule has 0 radical (unpaired) electrons.